The Bertz CT molecular complexity index is 1640. The van der Waals surface area contributed by atoms with Gasteiger partial charge in [-0.05, 0) is 49.7 Å². The number of aryl methyl sites for hydroxylation is 2. The number of fused-ring (bicyclic) bond motifs is 4. The molecule has 0 saturated heterocycles. The Labute approximate surface area is 263 Å². The van der Waals surface area contributed by atoms with Gasteiger partial charge in [0.05, 0.1) is 40.5 Å². The second-order valence-electron chi connectivity index (χ2n) is 9.20. The Balaban J connectivity index is 0.000000248. The molecule has 1 unspecified atom stereocenters. The van der Waals surface area contributed by atoms with E-state index in [0.717, 1.165) is 14.8 Å². The number of carbonyl (C=O) groups excluding carboxylic acids is 1. The van der Waals surface area contributed by atoms with Gasteiger partial charge < -0.3 is 29.5 Å². The van der Waals surface area contributed by atoms with Gasteiger partial charge in [0.1, 0.15) is 11.6 Å². The number of Topliss-reactive ketones (excluding diaryl/α,β-unsaturated/α-hetero) is 1. The summed E-state index contributed by atoms with van der Waals surface area (Å²) >= 11 is 6.74. The fraction of sp³-hybridized carbons (Fsp3) is 0.308. The zero-order valence-electron chi connectivity index (χ0n) is 21.0. The van der Waals surface area contributed by atoms with Crippen LogP contribution in [0.2, 0.25) is 0 Å². The van der Waals surface area contributed by atoms with Crippen molar-refractivity contribution in [2.24, 2.45) is 0 Å². The smallest absolute Gasteiger partial charge is 1.00 e. The third kappa shape index (κ3) is 6.64. The van der Waals surface area contributed by atoms with E-state index in [1.54, 1.807) is 23.6 Å². The molecule has 196 valence electrons. The third-order valence-corrected chi connectivity index (χ3v) is 7.33. The number of nitrogens with zero attached hydrogens (tertiary/aromatic N) is 4. The Hall–Kier alpha value is -1.44. The number of halogens is 3. The van der Waals surface area contributed by atoms with E-state index >= 15 is 0 Å². The molecule has 2 aromatic heterocycles. The molecule has 38 heavy (non-hydrogen) atoms. The monoisotopic (exact) mass is 718 g/mol. The predicted octanol–water partition coefficient (Wildman–Crippen LogP) is 0.604. The number of hydrogen-bond acceptors (Lipinski definition) is 6. The molecule has 0 aliphatic carbocycles. The van der Waals surface area contributed by atoms with Crippen LogP contribution in [-0.2, 0) is 30.7 Å². The molecule has 4 aromatic rings. The van der Waals surface area contributed by atoms with Crippen molar-refractivity contribution in [1.82, 2.24) is 19.1 Å². The summed E-state index contributed by atoms with van der Waals surface area (Å²) in [6, 6.07) is 10.8. The number of hydrogen-bond donors (Lipinski definition) is 1. The van der Waals surface area contributed by atoms with E-state index in [9.17, 15) is 19.5 Å². The van der Waals surface area contributed by atoms with E-state index < -0.39 is 5.60 Å². The van der Waals surface area contributed by atoms with E-state index in [0.29, 0.717) is 59.9 Å². The van der Waals surface area contributed by atoms with Crippen LogP contribution >= 0.6 is 31.9 Å². The first kappa shape index (κ1) is 32.8. The summed E-state index contributed by atoms with van der Waals surface area (Å²) in [7, 11) is 0. The standard InChI is InChI=1S/C13H13BrN2O2.C12H9BrN2O2.CH3.BrH.Mg/c1-13(18)5-4-11-15-10-6-8(14)2-3-9(10)12(17)16(11)7-13;13-7-1-3-9-10(5-7)14-11-4-2-8(16)6-15(11)12(9)17;;;/h2-3,6,18H,4-5,7H2,1H3;1,3,5H,2,4,6H2;1H3;1H;/q;;-1;;+2/p-1. The second kappa shape index (κ2) is 12.8. The average molecular weight is 722 g/mol. The van der Waals surface area contributed by atoms with Gasteiger partial charge in [0.25, 0.3) is 11.1 Å². The Morgan fingerprint density at radius 3 is 1.89 bits per heavy atom. The number of benzene rings is 2. The summed E-state index contributed by atoms with van der Waals surface area (Å²) in [5.74, 6) is 1.56. The van der Waals surface area contributed by atoms with Crippen LogP contribution in [0, 0.1) is 7.43 Å². The molecular weight excluding hydrogens is 696 g/mol. The van der Waals surface area contributed by atoms with Crippen LogP contribution in [0.25, 0.3) is 21.8 Å². The van der Waals surface area contributed by atoms with Gasteiger partial charge in [0.2, 0.25) is 0 Å². The fourth-order valence-electron chi connectivity index (χ4n) is 4.50. The quantitative estimate of drug-likeness (QED) is 0.211. The van der Waals surface area contributed by atoms with Gasteiger partial charge in [0, 0.05) is 28.2 Å². The van der Waals surface area contributed by atoms with Crippen LogP contribution in [0.15, 0.2) is 54.9 Å². The van der Waals surface area contributed by atoms with Gasteiger partial charge in [0.15, 0.2) is 5.78 Å². The maximum Gasteiger partial charge on any atom is 2.00 e. The van der Waals surface area contributed by atoms with Crippen molar-refractivity contribution >= 4 is 82.5 Å². The van der Waals surface area contributed by atoms with Gasteiger partial charge >= 0.3 is 23.1 Å². The van der Waals surface area contributed by atoms with Crippen molar-refractivity contribution in [3.8, 4) is 0 Å². The second-order valence-corrected chi connectivity index (χ2v) is 11.0. The molecule has 0 amide bonds. The van der Waals surface area contributed by atoms with E-state index in [4.69, 9.17) is 0 Å². The maximum atomic E-state index is 12.4. The fourth-order valence-corrected chi connectivity index (χ4v) is 5.19. The first-order valence-corrected chi connectivity index (χ1v) is 12.8. The molecule has 1 atom stereocenters. The number of carbonyl (C=O) groups is 1. The van der Waals surface area contributed by atoms with Crippen molar-refractivity contribution in [2.75, 3.05) is 0 Å². The number of aromatic nitrogens is 4. The van der Waals surface area contributed by atoms with Gasteiger partial charge in [-0.1, -0.05) is 31.9 Å². The van der Waals surface area contributed by atoms with Crippen LogP contribution in [0.3, 0.4) is 0 Å². The molecule has 0 fully saturated rings. The molecule has 0 radical (unpaired) electrons. The molecule has 2 aliphatic heterocycles. The van der Waals surface area contributed by atoms with Crippen LogP contribution < -0.4 is 28.1 Å². The summed E-state index contributed by atoms with van der Waals surface area (Å²) in [4.78, 5) is 44.9. The van der Waals surface area contributed by atoms with Crippen molar-refractivity contribution in [3.63, 3.8) is 0 Å². The maximum absolute atomic E-state index is 12.4. The molecule has 1 N–H and O–H groups in total. The minimum absolute atomic E-state index is 0. The zero-order valence-corrected chi connectivity index (χ0v) is 27.2. The Morgan fingerprint density at radius 1 is 0.842 bits per heavy atom. The van der Waals surface area contributed by atoms with Crippen molar-refractivity contribution in [2.45, 2.75) is 51.3 Å². The SMILES string of the molecule is CC1(O)CCc2nc3cc(Br)ccc3c(=O)n2C1.O=C1CCc2nc3cc(Br)ccc3c(=O)n2C1.[Br-].[CH3-].[Mg+2]. The number of rotatable bonds is 0. The van der Waals surface area contributed by atoms with Crippen LogP contribution in [-0.4, -0.2) is 58.6 Å². The van der Waals surface area contributed by atoms with Crippen molar-refractivity contribution < 1.29 is 26.9 Å². The van der Waals surface area contributed by atoms with Crippen molar-refractivity contribution in [3.05, 3.63) is 85.1 Å². The Morgan fingerprint density at radius 2 is 1.34 bits per heavy atom. The molecule has 4 heterocycles. The van der Waals surface area contributed by atoms with Gasteiger partial charge in [-0.2, -0.15) is 0 Å². The van der Waals surface area contributed by atoms with E-state index in [-0.39, 0.29) is 70.9 Å². The van der Waals surface area contributed by atoms with Crippen LogP contribution in [0.1, 0.15) is 31.4 Å². The summed E-state index contributed by atoms with van der Waals surface area (Å²) < 4.78 is 4.89. The van der Waals surface area contributed by atoms with Crippen molar-refractivity contribution in [1.29, 1.82) is 0 Å². The predicted molar refractivity (Wildman–Crippen MR) is 152 cm³/mol. The summed E-state index contributed by atoms with van der Waals surface area (Å²) in [6.45, 7) is 2.24. The van der Waals surface area contributed by atoms with Crippen LogP contribution in [0.4, 0.5) is 0 Å². The largest absolute Gasteiger partial charge is 2.00 e. The molecule has 6 rings (SSSR count). The molecule has 0 spiro atoms. The first-order chi connectivity index (χ1) is 16.6. The van der Waals surface area contributed by atoms with Gasteiger partial charge in [-0.15, -0.1) is 0 Å². The number of ketones is 1. The van der Waals surface area contributed by atoms with Gasteiger partial charge in [-0.25, -0.2) is 9.97 Å². The minimum atomic E-state index is -0.818. The topological polar surface area (TPSA) is 107 Å². The molecule has 8 nitrogen and oxygen atoms in total. The Kier molecular flexibility index (Phi) is 11.1. The molecule has 0 bridgehead atoms. The minimum Gasteiger partial charge on any atom is -1.00 e. The first-order valence-electron chi connectivity index (χ1n) is 11.2. The normalized spacial score (nSPS) is 17.6. The molecule has 2 aliphatic rings. The van der Waals surface area contributed by atoms with Gasteiger partial charge in [-0.3, -0.25) is 23.5 Å². The third-order valence-electron chi connectivity index (χ3n) is 6.34. The molecular formula is C26H25Br3MgN4O4. The summed E-state index contributed by atoms with van der Waals surface area (Å²) in [5, 5.41) is 11.2. The molecule has 12 heteroatoms. The average Bonchev–Trinajstić information content (AvgIpc) is 2.80. The summed E-state index contributed by atoms with van der Waals surface area (Å²) in [6.07, 6.45) is 2.30. The molecule has 0 saturated carbocycles. The zero-order chi connectivity index (χ0) is 24.9. The summed E-state index contributed by atoms with van der Waals surface area (Å²) in [5.41, 5.74) is 0.391. The molecule has 2 aromatic carbocycles. The van der Waals surface area contributed by atoms with E-state index in [1.165, 1.54) is 4.57 Å². The van der Waals surface area contributed by atoms with Crippen LogP contribution in [0.5, 0.6) is 0 Å². The van der Waals surface area contributed by atoms with E-state index in [2.05, 4.69) is 41.8 Å². The number of aliphatic hydroxyl groups is 1. The van der Waals surface area contributed by atoms with E-state index in [1.807, 2.05) is 24.3 Å².